The molecule has 4 aliphatic rings. The van der Waals surface area contributed by atoms with Crippen LogP contribution in [0.4, 0.5) is 4.79 Å². The van der Waals surface area contributed by atoms with Crippen molar-refractivity contribution in [2.75, 3.05) is 19.6 Å². The molecular weight excluding hydrogens is 360 g/mol. The van der Waals surface area contributed by atoms with E-state index in [2.05, 4.69) is 38.7 Å². The Kier molecular flexibility index (Phi) is 5.36. The topological polar surface area (TPSA) is 61.9 Å². The van der Waals surface area contributed by atoms with Gasteiger partial charge in [-0.1, -0.05) is 5.11 Å². The van der Waals surface area contributed by atoms with Crippen LogP contribution in [0.2, 0.25) is 5.11 Å². The highest BCUT2D eigenvalue weighted by Gasteiger charge is 2.49. The van der Waals surface area contributed by atoms with E-state index in [1.807, 2.05) is 15.7 Å². The van der Waals surface area contributed by atoms with Gasteiger partial charge in [-0.2, -0.15) is 0 Å². The summed E-state index contributed by atoms with van der Waals surface area (Å²) in [6, 6.07) is 1.19. The molecule has 0 aromatic heterocycles. The molecule has 0 saturated carbocycles. The second-order valence-corrected chi connectivity index (χ2v) is 11.5. The molecule has 2 atom stereocenters. The first kappa shape index (κ1) is 21.3. The van der Waals surface area contributed by atoms with Crippen LogP contribution in [0.1, 0.15) is 44.9 Å². The summed E-state index contributed by atoms with van der Waals surface area (Å²) >= 11 is 0. The van der Waals surface area contributed by atoms with Crippen molar-refractivity contribution in [1.82, 2.24) is 15.1 Å². The Morgan fingerprint density at radius 2 is 1.62 bits per heavy atom. The molecule has 6 nitrogen and oxygen atoms in total. The maximum atomic E-state index is 13.1. The number of hydrogen-bond acceptors (Lipinski definition) is 4. The van der Waals surface area contributed by atoms with Crippen LogP contribution in [0.15, 0.2) is 0 Å². The van der Waals surface area contributed by atoms with Gasteiger partial charge in [0.1, 0.15) is 15.7 Å². The predicted molar refractivity (Wildman–Crippen MR) is 127 cm³/mol. The highest BCUT2D eigenvalue weighted by molar-refractivity contribution is 6.67. The molecule has 0 aromatic rings. The van der Waals surface area contributed by atoms with Crippen molar-refractivity contribution in [3.8, 4) is 0 Å². The van der Waals surface area contributed by atoms with Crippen LogP contribution < -0.4 is 5.32 Å². The van der Waals surface area contributed by atoms with Crippen molar-refractivity contribution in [3.63, 3.8) is 0 Å². The number of fused-ring (bicyclic) bond motifs is 2. The maximum Gasteiger partial charge on any atom is 0.409 e. The third-order valence-corrected chi connectivity index (χ3v) is 8.64. The van der Waals surface area contributed by atoms with Crippen LogP contribution >= 0.6 is 0 Å². The van der Waals surface area contributed by atoms with E-state index >= 15 is 0 Å². The minimum absolute atomic E-state index is 0.0970. The minimum Gasteiger partial charge on any atom is -0.463 e. The summed E-state index contributed by atoms with van der Waals surface area (Å²) in [6.45, 7) is 3.03. The molecule has 4 rings (SSSR count). The van der Waals surface area contributed by atoms with Crippen LogP contribution in [0.25, 0.3) is 0 Å². The van der Waals surface area contributed by atoms with Gasteiger partial charge < -0.3 is 19.9 Å². The Morgan fingerprint density at radius 1 is 1.03 bits per heavy atom. The number of nitrogens with zero attached hydrogens (tertiary/aromatic N) is 2. The lowest BCUT2D eigenvalue weighted by Crippen LogP contribution is -2.57. The summed E-state index contributed by atoms with van der Waals surface area (Å²) in [4.78, 5) is 29.4. The molecule has 1 N–H and O–H groups in total. The van der Waals surface area contributed by atoms with Gasteiger partial charge in [0.15, 0.2) is 0 Å². The van der Waals surface area contributed by atoms with Gasteiger partial charge in [-0.25, -0.2) is 4.79 Å². The first-order valence-electron chi connectivity index (χ1n) is 11.5. The summed E-state index contributed by atoms with van der Waals surface area (Å²) in [5.41, 5.74) is 0.204. The highest BCUT2D eigenvalue weighted by atomic mass is 16.6. The molecule has 4 heterocycles. The van der Waals surface area contributed by atoms with Crippen LogP contribution in [0.3, 0.4) is 0 Å². The Morgan fingerprint density at radius 3 is 2.10 bits per heavy atom. The van der Waals surface area contributed by atoms with E-state index in [4.69, 9.17) is 4.74 Å². The van der Waals surface area contributed by atoms with E-state index in [9.17, 15) is 9.59 Å². The van der Waals surface area contributed by atoms with Crippen molar-refractivity contribution >= 4 is 51.2 Å². The zero-order valence-electron chi connectivity index (χ0n) is 18.9. The number of hydrogen-bond donors (Lipinski definition) is 1. The fraction of sp³-hybridized carbons (Fsp3) is 0.889. The van der Waals surface area contributed by atoms with E-state index in [0.717, 1.165) is 58.2 Å². The SMILES string of the molecule is BC(B)(B)C(B)(B)OC(=O)N1C2CCC1CC(N1CCC3(CC1)CNC(=O)C3)C2. The van der Waals surface area contributed by atoms with E-state index in [-0.39, 0.29) is 22.5 Å². The third kappa shape index (κ3) is 4.00. The number of likely N-dealkylation sites (tertiary alicyclic amines) is 1. The molecule has 4 fully saturated rings. The number of amides is 2. The lowest BCUT2D eigenvalue weighted by Gasteiger charge is -2.48. The average Bonchev–Trinajstić information content (AvgIpc) is 3.11. The van der Waals surface area contributed by atoms with E-state index in [0.29, 0.717) is 24.5 Å². The molecule has 29 heavy (non-hydrogen) atoms. The summed E-state index contributed by atoms with van der Waals surface area (Å²) in [5, 5.41) is 2.44. The first-order chi connectivity index (χ1) is 13.5. The number of nitrogens with one attached hydrogen (secondary N) is 1. The lowest BCUT2D eigenvalue weighted by molar-refractivity contribution is -0.119. The molecule has 2 unspecified atom stereocenters. The highest BCUT2D eigenvalue weighted by Crippen LogP contribution is 2.43. The molecule has 0 radical (unpaired) electrons. The van der Waals surface area contributed by atoms with Gasteiger partial charge in [0.05, 0.1) is 23.5 Å². The summed E-state index contributed by atoms with van der Waals surface area (Å²) < 4.78 is 6.01. The summed E-state index contributed by atoms with van der Waals surface area (Å²) in [5.74, 6) is 0.224. The van der Waals surface area contributed by atoms with E-state index in [1.165, 1.54) is 0 Å². The van der Waals surface area contributed by atoms with Crippen LogP contribution in [-0.2, 0) is 9.53 Å². The number of carbonyl (C=O) groups is 2. The van der Waals surface area contributed by atoms with Crippen molar-refractivity contribution < 1.29 is 14.3 Å². The smallest absolute Gasteiger partial charge is 0.409 e. The molecule has 0 aromatic carbocycles. The van der Waals surface area contributed by atoms with Gasteiger partial charge >= 0.3 is 6.09 Å². The second kappa shape index (κ2) is 7.31. The quantitative estimate of drug-likeness (QED) is 0.508. The molecule has 154 valence electrons. The van der Waals surface area contributed by atoms with Crippen molar-refractivity contribution in [2.24, 2.45) is 5.41 Å². The fourth-order valence-corrected chi connectivity index (χ4v) is 5.64. The molecule has 4 saturated heterocycles. The standard InChI is InChI=1S/C18H34B5N3O3/c19-17(20,21)18(22,23)29-15(28)26-11-1-2-12(26)8-13(7-11)25-5-3-16(4-6-25)9-14(27)24-10-16/h11-13H,1-10,19-23H2,(H,24,27). The van der Waals surface area contributed by atoms with Crippen LogP contribution in [0, 0.1) is 5.41 Å². The number of rotatable bonds is 3. The van der Waals surface area contributed by atoms with Crippen molar-refractivity contribution in [1.29, 1.82) is 0 Å². The van der Waals surface area contributed by atoms with Crippen LogP contribution in [0.5, 0.6) is 0 Å². The number of piperidine rings is 2. The molecular formula is C18H34B5N3O3. The predicted octanol–water partition coefficient (Wildman–Crippen LogP) is -3.39. The Labute approximate surface area is 179 Å². The molecule has 4 aliphatic heterocycles. The van der Waals surface area contributed by atoms with E-state index in [1.54, 1.807) is 0 Å². The minimum atomic E-state index is -0.492. The zero-order chi connectivity index (χ0) is 21.0. The third-order valence-electron chi connectivity index (χ3n) is 8.64. The van der Waals surface area contributed by atoms with Gasteiger partial charge in [-0.15, -0.1) is 0 Å². The molecule has 11 heteroatoms. The normalized spacial score (nSPS) is 32.3. The van der Waals surface area contributed by atoms with Gasteiger partial charge in [0, 0.05) is 36.5 Å². The Bertz CT molecular complexity index is 664. The lowest BCUT2D eigenvalue weighted by atomic mass is 9.28. The molecule has 2 bridgehead atoms. The first-order valence-corrected chi connectivity index (χ1v) is 11.5. The van der Waals surface area contributed by atoms with Gasteiger partial charge in [0.25, 0.3) is 0 Å². The second-order valence-electron chi connectivity index (χ2n) is 11.5. The monoisotopic (exact) mass is 395 g/mol. The van der Waals surface area contributed by atoms with Crippen molar-refractivity contribution in [2.45, 2.75) is 73.6 Å². The maximum absolute atomic E-state index is 13.1. The van der Waals surface area contributed by atoms with Gasteiger partial charge in [0.2, 0.25) is 5.91 Å². The number of carbonyl (C=O) groups excluding carboxylic acids is 2. The summed E-state index contributed by atoms with van der Waals surface area (Å²) in [6.07, 6.45) is 7.14. The van der Waals surface area contributed by atoms with Crippen molar-refractivity contribution in [3.05, 3.63) is 0 Å². The van der Waals surface area contributed by atoms with Gasteiger partial charge in [-0.05, 0) is 57.0 Å². The largest absolute Gasteiger partial charge is 0.463 e. The molecule has 1 spiro atoms. The van der Waals surface area contributed by atoms with Crippen LogP contribution in [-0.4, -0.2) is 104 Å². The fourth-order valence-electron chi connectivity index (χ4n) is 5.64. The van der Waals surface area contributed by atoms with Gasteiger partial charge in [-0.3, -0.25) is 4.79 Å². The molecule has 2 amide bonds. The molecule has 0 aliphatic carbocycles. The zero-order valence-corrected chi connectivity index (χ0v) is 18.9. The van der Waals surface area contributed by atoms with E-state index < -0.39 is 5.40 Å². The Hall–Kier alpha value is -0.975. The summed E-state index contributed by atoms with van der Waals surface area (Å²) in [7, 11) is 10.4. The number of ether oxygens (including phenoxy) is 1. The average molecular weight is 395 g/mol. The Balaban J connectivity index is 1.35.